The van der Waals surface area contributed by atoms with E-state index in [0.29, 0.717) is 5.56 Å². The van der Waals surface area contributed by atoms with Crippen molar-refractivity contribution in [3.63, 3.8) is 0 Å². The molecule has 0 fully saturated rings. The van der Waals surface area contributed by atoms with E-state index >= 15 is 0 Å². The Bertz CT molecular complexity index is 1150. The molecule has 0 unspecified atom stereocenters. The summed E-state index contributed by atoms with van der Waals surface area (Å²) < 4.78 is 0. The fourth-order valence-corrected chi connectivity index (χ4v) is 3.61. The predicted molar refractivity (Wildman–Crippen MR) is 110 cm³/mol. The molecule has 2 heterocycles. The van der Waals surface area contributed by atoms with Crippen molar-refractivity contribution >= 4 is 16.8 Å². The number of carbonyl (C=O) groups is 1. The third-order valence-electron chi connectivity index (χ3n) is 4.93. The molecule has 3 N–H and O–H groups in total. The number of H-pyrrole nitrogens is 1. The lowest BCUT2D eigenvalue weighted by Crippen LogP contribution is -2.10. The van der Waals surface area contributed by atoms with Crippen molar-refractivity contribution in [3.8, 4) is 22.4 Å². The van der Waals surface area contributed by atoms with Gasteiger partial charge in [-0.15, -0.1) is 0 Å². The van der Waals surface area contributed by atoms with Crippen LogP contribution in [-0.2, 0) is 0 Å². The maximum atomic E-state index is 11.3. The first-order valence-electron chi connectivity index (χ1n) is 8.90. The number of primary amides is 1. The summed E-state index contributed by atoms with van der Waals surface area (Å²) in [7, 11) is 0. The molecule has 0 radical (unpaired) electrons. The Balaban J connectivity index is 1.80. The normalized spacial score (nSPS) is 11.1. The maximum Gasteiger partial charge on any atom is 0.248 e. The van der Waals surface area contributed by atoms with Gasteiger partial charge in [-0.05, 0) is 73.4 Å². The minimum Gasteiger partial charge on any atom is -0.366 e. The van der Waals surface area contributed by atoms with Gasteiger partial charge in [0, 0.05) is 33.5 Å². The van der Waals surface area contributed by atoms with Crippen molar-refractivity contribution in [2.75, 3.05) is 0 Å². The van der Waals surface area contributed by atoms with Crippen LogP contribution in [0.3, 0.4) is 0 Å². The van der Waals surface area contributed by atoms with Gasteiger partial charge >= 0.3 is 0 Å². The first-order chi connectivity index (χ1) is 12.9. The smallest absolute Gasteiger partial charge is 0.248 e. The van der Waals surface area contributed by atoms with Crippen LogP contribution in [0.1, 0.15) is 27.3 Å². The molecule has 0 saturated heterocycles. The molecule has 4 heteroatoms. The number of hydrogen-bond acceptors (Lipinski definition) is 2. The summed E-state index contributed by atoms with van der Waals surface area (Å²) in [4.78, 5) is 19.3. The van der Waals surface area contributed by atoms with Crippen molar-refractivity contribution in [3.05, 3.63) is 77.1 Å². The van der Waals surface area contributed by atoms with Crippen molar-refractivity contribution in [1.82, 2.24) is 9.97 Å². The molecule has 4 nitrogen and oxygen atoms in total. The third kappa shape index (κ3) is 3.10. The van der Waals surface area contributed by atoms with Crippen LogP contribution in [0, 0.1) is 20.8 Å². The number of aromatic nitrogens is 2. The Morgan fingerprint density at radius 3 is 2.11 bits per heavy atom. The summed E-state index contributed by atoms with van der Waals surface area (Å²) in [6, 6.07) is 18.1. The zero-order chi connectivity index (χ0) is 19.1. The van der Waals surface area contributed by atoms with Gasteiger partial charge in [0.15, 0.2) is 0 Å². The molecule has 0 aliphatic rings. The molecule has 0 atom stereocenters. The Morgan fingerprint density at radius 2 is 1.48 bits per heavy atom. The number of nitrogens with zero attached hydrogens (tertiary/aromatic N) is 1. The number of pyridine rings is 1. The van der Waals surface area contributed by atoms with Crippen LogP contribution in [0.15, 0.2) is 54.6 Å². The molecule has 134 valence electrons. The van der Waals surface area contributed by atoms with Crippen molar-refractivity contribution in [2.24, 2.45) is 5.73 Å². The SMILES string of the molecule is Cc1cc(-c2ccc3c(C)c(-c4ccc(C(N)=O)cc4)[nH]c3c2)cc(C)n1. The average Bonchev–Trinajstić information content (AvgIpc) is 2.97. The zero-order valence-electron chi connectivity index (χ0n) is 15.6. The maximum absolute atomic E-state index is 11.3. The van der Waals surface area contributed by atoms with E-state index in [0.717, 1.165) is 33.7 Å². The summed E-state index contributed by atoms with van der Waals surface area (Å²) in [6.07, 6.45) is 0. The molecular formula is C23H21N3O. The van der Waals surface area contributed by atoms with Crippen LogP contribution < -0.4 is 5.73 Å². The fourth-order valence-electron chi connectivity index (χ4n) is 3.61. The molecule has 2 aromatic carbocycles. The Kier molecular flexibility index (Phi) is 4.04. The minimum absolute atomic E-state index is 0.414. The summed E-state index contributed by atoms with van der Waals surface area (Å²) in [6.45, 7) is 6.14. The van der Waals surface area contributed by atoms with E-state index in [4.69, 9.17) is 5.73 Å². The van der Waals surface area contributed by atoms with E-state index in [1.54, 1.807) is 12.1 Å². The number of hydrogen-bond donors (Lipinski definition) is 2. The number of benzene rings is 2. The van der Waals surface area contributed by atoms with E-state index in [-0.39, 0.29) is 0 Å². The first kappa shape index (κ1) is 17.0. The molecule has 0 saturated carbocycles. The second kappa shape index (κ2) is 6.40. The standard InChI is InChI=1S/C23H21N3O/c1-13-10-19(11-14(2)25-13)18-8-9-20-15(3)22(26-21(20)12-18)16-4-6-17(7-5-16)23(24)27/h4-12,26H,1-3H3,(H2,24,27). The summed E-state index contributed by atoms with van der Waals surface area (Å²) in [5, 5.41) is 1.19. The average molecular weight is 355 g/mol. The van der Waals surface area contributed by atoms with Crippen LogP contribution in [0.25, 0.3) is 33.3 Å². The summed E-state index contributed by atoms with van der Waals surface area (Å²) in [5.74, 6) is -0.414. The molecule has 2 aromatic heterocycles. The first-order valence-corrected chi connectivity index (χ1v) is 8.90. The van der Waals surface area contributed by atoms with Gasteiger partial charge in [-0.1, -0.05) is 24.3 Å². The van der Waals surface area contributed by atoms with Gasteiger partial charge in [0.05, 0.1) is 0 Å². The molecule has 0 bridgehead atoms. The Hall–Kier alpha value is -3.40. The topological polar surface area (TPSA) is 71.8 Å². The number of carbonyl (C=O) groups excluding carboxylic acids is 1. The Labute approximate surface area is 158 Å². The number of nitrogens with one attached hydrogen (secondary N) is 1. The summed E-state index contributed by atoms with van der Waals surface area (Å²) in [5.41, 5.74) is 14.6. The van der Waals surface area contributed by atoms with E-state index in [9.17, 15) is 4.79 Å². The van der Waals surface area contributed by atoms with Crippen LogP contribution in [0.2, 0.25) is 0 Å². The fraction of sp³-hybridized carbons (Fsp3) is 0.130. The van der Waals surface area contributed by atoms with Crippen LogP contribution in [-0.4, -0.2) is 15.9 Å². The van der Waals surface area contributed by atoms with E-state index in [2.05, 4.69) is 47.2 Å². The Morgan fingerprint density at radius 1 is 0.852 bits per heavy atom. The highest BCUT2D eigenvalue weighted by Gasteiger charge is 2.11. The monoisotopic (exact) mass is 355 g/mol. The van der Waals surface area contributed by atoms with Gasteiger partial charge in [-0.25, -0.2) is 0 Å². The van der Waals surface area contributed by atoms with Crippen LogP contribution in [0.4, 0.5) is 0 Å². The van der Waals surface area contributed by atoms with Crippen LogP contribution >= 0.6 is 0 Å². The highest BCUT2D eigenvalue weighted by Crippen LogP contribution is 2.32. The van der Waals surface area contributed by atoms with Gasteiger partial charge < -0.3 is 10.7 Å². The zero-order valence-corrected chi connectivity index (χ0v) is 15.6. The third-order valence-corrected chi connectivity index (χ3v) is 4.93. The number of aryl methyl sites for hydroxylation is 3. The number of amides is 1. The lowest BCUT2D eigenvalue weighted by Gasteiger charge is -2.05. The van der Waals surface area contributed by atoms with Crippen molar-refractivity contribution in [2.45, 2.75) is 20.8 Å². The molecule has 0 aliphatic carbocycles. The van der Waals surface area contributed by atoms with Gasteiger partial charge in [-0.2, -0.15) is 0 Å². The number of fused-ring (bicyclic) bond motifs is 1. The largest absolute Gasteiger partial charge is 0.366 e. The molecule has 1 amide bonds. The second-order valence-electron chi connectivity index (χ2n) is 6.97. The molecule has 4 rings (SSSR count). The molecule has 0 spiro atoms. The van der Waals surface area contributed by atoms with Crippen molar-refractivity contribution in [1.29, 1.82) is 0 Å². The predicted octanol–water partition coefficient (Wildman–Crippen LogP) is 4.92. The van der Waals surface area contributed by atoms with E-state index in [1.165, 1.54) is 16.5 Å². The lowest BCUT2D eigenvalue weighted by atomic mass is 10.0. The van der Waals surface area contributed by atoms with Gasteiger partial charge in [0.25, 0.3) is 0 Å². The number of aromatic amines is 1. The quantitative estimate of drug-likeness (QED) is 0.547. The number of nitrogens with two attached hydrogens (primary N) is 1. The van der Waals surface area contributed by atoms with E-state index in [1.807, 2.05) is 26.0 Å². The van der Waals surface area contributed by atoms with Gasteiger partial charge in [0.1, 0.15) is 0 Å². The van der Waals surface area contributed by atoms with Gasteiger partial charge in [-0.3, -0.25) is 9.78 Å². The minimum atomic E-state index is -0.414. The lowest BCUT2D eigenvalue weighted by molar-refractivity contribution is 0.100. The van der Waals surface area contributed by atoms with Gasteiger partial charge in [0.2, 0.25) is 5.91 Å². The molecule has 27 heavy (non-hydrogen) atoms. The molecule has 0 aliphatic heterocycles. The summed E-state index contributed by atoms with van der Waals surface area (Å²) >= 11 is 0. The molecule has 4 aromatic rings. The highest BCUT2D eigenvalue weighted by atomic mass is 16.1. The number of rotatable bonds is 3. The van der Waals surface area contributed by atoms with E-state index < -0.39 is 5.91 Å². The second-order valence-corrected chi connectivity index (χ2v) is 6.97. The van der Waals surface area contributed by atoms with Crippen LogP contribution in [0.5, 0.6) is 0 Å². The highest BCUT2D eigenvalue weighted by molar-refractivity contribution is 5.95. The van der Waals surface area contributed by atoms with Crippen molar-refractivity contribution < 1.29 is 4.79 Å². The molecular weight excluding hydrogens is 334 g/mol.